The van der Waals surface area contributed by atoms with E-state index in [1.165, 1.54) is 9.70 Å². The highest BCUT2D eigenvalue weighted by Crippen LogP contribution is 2.46. The third-order valence-electron chi connectivity index (χ3n) is 8.39. The molecule has 4 aliphatic rings. The van der Waals surface area contributed by atoms with Crippen molar-refractivity contribution in [3.8, 4) is 11.4 Å². The van der Waals surface area contributed by atoms with E-state index in [0.717, 1.165) is 24.8 Å². The summed E-state index contributed by atoms with van der Waals surface area (Å²) in [4.78, 5) is 45.3. The summed E-state index contributed by atoms with van der Waals surface area (Å²) in [7, 11) is -2.09. The molecule has 1 saturated heterocycles. The summed E-state index contributed by atoms with van der Waals surface area (Å²) in [6.45, 7) is 0.723. The minimum atomic E-state index is -3.80. The Labute approximate surface area is 238 Å². The van der Waals surface area contributed by atoms with Crippen LogP contribution in [0.3, 0.4) is 0 Å². The van der Waals surface area contributed by atoms with Gasteiger partial charge in [0.25, 0.3) is 5.91 Å². The van der Waals surface area contributed by atoms with Crippen molar-refractivity contribution in [2.45, 2.75) is 67.8 Å². The molecule has 13 nitrogen and oxygen atoms in total. The monoisotopic (exact) mass is 582 g/mol. The second-order valence-electron chi connectivity index (χ2n) is 11.4. The van der Waals surface area contributed by atoms with Crippen LogP contribution in [0.4, 0.5) is 4.79 Å². The Balaban J connectivity index is 1.27. The molecule has 1 aromatic carbocycles. The van der Waals surface area contributed by atoms with Crippen molar-refractivity contribution < 1.29 is 22.8 Å². The van der Waals surface area contributed by atoms with E-state index in [9.17, 15) is 22.8 Å². The van der Waals surface area contributed by atoms with Gasteiger partial charge in [0, 0.05) is 38.0 Å². The van der Waals surface area contributed by atoms with Crippen LogP contribution in [0, 0.1) is 5.92 Å². The highest BCUT2D eigenvalue weighted by Gasteiger charge is 2.62. The van der Waals surface area contributed by atoms with Crippen molar-refractivity contribution in [2.24, 2.45) is 5.92 Å². The van der Waals surface area contributed by atoms with Crippen LogP contribution >= 0.6 is 0 Å². The van der Waals surface area contributed by atoms with Gasteiger partial charge in [0.05, 0.1) is 11.3 Å². The lowest BCUT2D eigenvalue weighted by atomic mass is 10.1. The Morgan fingerprint density at radius 1 is 1.15 bits per heavy atom. The van der Waals surface area contributed by atoms with Crippen LogP contribution in [0.5, 0.6) is 0 Å². The number of carbonyl (C=O) groups is 3. The van der Waals surface area contributed by atoms with Crippen LogP contribution in [0.25, 0.3) is 11.4 Å². The fraction of sp³-hybridized carbons (Fsp3) is 0.556. The maximum absolute atomic E-state index is 13.8. The summed E-state index contributed by atoms with van der Waals surface area (Å²) < 4.78 is 27.4. The summed E-state index contributed by atoms with van der Waals surface area (Å²) >= 11 is 0. The number of carbonyl (C=O) groups excluding carboxylic acids is 3. The van der Waals surface area contributed by atoms with Gasteiger partial charge in [0.2, 0.25) is 21.8 Å². The third kappa shape index (κ3) is 5.44. The Morgan fingerprint density at radius 3 is 2.68 bits per heavy atom. The van der Waals surface area contributed by atoms with E-state index in [-0.39, 0.29) is 31.3 Å². The first-order valence-electron chi connectivity index (χ1n) is 14.1. The Hall–Kier alpha value is -3.81. The highest BCUT2D eigenvalue weighted by molar-refractivity contribution is 7.91. The molecule has 4 unspecified atom stereocenters. The van der Waals surface area contributed by atoms with Crippen molar-refractivity contribution in [2.75, 3.05) is 20.1 Å². The van der Waals surface area contributed by atoms with Gasteiger partial charge in [-0.2, -0.15) is 4.80 Å². The average molecular weight is 583 g/mol. The maximum atomic E-state index is 13.8. The van der Waals surface area contributed by atoms with Crippen molar-refractivity contribution in [1.82, 2.24) is 40.0 Å². The second-order valence-corrected chi connectivity index (χ2v) is 13.4. The summed E-state index contributed by atoms with van der Waals surface area (Å²) in [6, 6.07) is 7.77. The first-order valence-corrected chi connectivity index (χ1v) is 15.6. The largest absolute Gasteiger partial charge is 0.339 e. The Bertz CT molecular complexity index is 1470. The van der Waals surface area contributed by atoms with Crippen molar-refractivity contribution in [1.29, 1.82) is 0 Å². The van der Waals surface area contributed by atoms with Gasteiger partial charge in [-0.1, -0.05) is 42.5 Å². The molecule has 2 N–H and O–H groups in total. The van der Waals surface area contributed by atoms with Gasteiger partial charge in [-0.3, -0.25) is 14.3 Å². The van der Waals surface area contributed by atoms with Crippen LogP contribution < -0.4 is 10.0 Å². The molecule has 2 saturated carbocycles. The van der Waals surface area contributed by atoms with Gasteiger partial charge < -0.3 is 15.1 Å². The number of aromatic nitrogens is 4. The predicted molar refractivity (Wildman–Crippen MR) is 147 cm³/mol. The predicted octanol–water partition coefficient (Wildman–Crippen LogP) is 1.23. The number of amides is 4. The molecule has 3 heterocycles. The molecule has 0 radical (unpaired) electrons. The molecule has 4 atom stereocenters. The molecule has 6 rings (SSSR count). The summed E-state index contributed by atoms with van der Waals surface area (Å²) in [5, 5.41) is 15.2. The molecule has 1 aromatic heterocycles. The number of tetrazole rings is 1. The molecule has 3 fully saturated rings. The van der Waals surface area contributed by atoms with Gasteiger partial charge >= 0.3 is 6.03 Å². The lowest BCUT2D eigenvalue weighted by Gasteiger charge is -2.30. The van der Waals surface area contributed by atoms with E-state index < -0.39 is 44.7 Å². The van der Waals surface area contributed by atoms with Gasteiger partial charge in [-0.25, -0.2) is 13.2 Å². The standard InChI is InChI=1S/C27H34N8O5S/c1-33-14-8-3-2-7-11-19-16-27(19,25(37)31-41(39,40)21-12-13-21)28-24(36)22-15-20(17-34(22)26(33)38)35-30-23(29-32-35)18-9-5-4-6-10-18/h4-7,9-11,19-22H,2-3,8,12-17H2,1H3,(H,28,36)(H,31,37). The third-order valence-corrected chi connectivity index (χ3v) is 10.2. The van der Waals surface area contributed by atoms with E-state index in [2.05, 4.69) is 25.4 Å². The SMILES string of the molecule is CN1CCCCC=CC2CC2(C(=O)NS(=O)(=O)C2CC2)NC(=O)C2CC(n3nnc(-c4ccccc4)n3)CN2C1=O. The molecule has 2 aromatic rings. The van der Waals surface area contributed by atoms with E-state index in [1.54, 1.807) is 11.9 Å². The molecule has 0 bridgehead atoms. The first kappa shape index (κ1) is 27.4. The van der Waals surface area contributed by atoms with Crippen LogP contribution in [0.1, 0.15) is 51.0 Å². The van der Waals surface area contributed by atoms with Crippen molar-refractivity contribution in [3.05, 3.63) is 42.5 Å². The highest BCUT2D eigenvalue weighted by atomic mass is 32.2. The fourth-order valence-corrected chi connectivity index (χ4v) is 7.04. The Morgan fingerprint density at radius 2 is 1.93 bits per heavy atom. The van der Waals surface area contributed by atoms with Crippen LogP contribution in [0.15, 0.2) is 42.5 Å². The average Bonchev–Trinajstić information content (AvgIpc) is 3.82. The van der Waals surface area contributed by atoms with E-state index >= 15 is 0 Å². The number of sulfonamides is 1. The summed E-state index contributed by atoms with van der Waals surface area (Å²) in [6.07, 6.45) is 7.77. The molecular weight excluding hydrogens is 548 g/mol. The van der Waals surface area contributed by atoms with Gasteiger partial charge in [0.15, 0.2) is 0 Å². The molecular formula is C27H34N8O5S. The molecule has 2 aliphatic carbocycles. The molecule has 14 heteroatoms. The minimum absolute atomic E-state index is 0.185. The maximum Gasteiger partial charge on any atom is 0.320 e. The smallest absolute Gasteiger partial charge is 0.320 e. The number of benzene rings is 1. The zero-order valence-electron chi connectivity index (χ0n) is 22.8. The minimum Gasteiger partial charge on any atom is -0.339 e. The zero-order chi connectivity index (χ0) is 28.8. The number of nitrogens with one attached hydrogen (secondary N) is 2. The number of rotatable bonds is 5. The fourth-order valence-electron chi connectivity index (χ4n) is 5.68. The normalized spacial score (nSPS) is 28.9. The van der Waals surface area contributed by atoms with Crippen molar-refractivity contribution >= 4 is 27.9 Å². The summed E-state index contributed by atoms with van der Waals surface area (Å²) in [5.41, 5.74) is -0.587. The topological polar surface area (TPSA) is 159 Å². The lowest BCUT2D eigenvalue weighted by Crippen LogP contribution is -2.57. The number of hydrogen-bond acceptors (Lipinski definition) is 8. The molecule has 2 aliphatic heterocycles. The number of urea groups is 1. The van der Waals surface area contributed by atoms with E-state index in [4.69, 9.17) is 0 Å². The molecule has 4 amide bonds. The number of allylic oxidation sites excluding steroid dienone is 1. The second kappa shape index (κ2) is 10.5. The van der Waals surface area contributed by atoms with Crippen LogP contribution in [-0.2, 0) is 19.6 Å². The number of nitrogens with zero attached hydrogens (tertiary/aromatic N) is 6. The van der Waals surface area contributed by atoms with Crippen LogP contribution in [0.2, 0.25) is 0 Å². The number of hydrogen-bond donors (Lipinski definition) is 2. The summed E-state index contributed by atoms with van der Waals surface area (Å²) in [5.74, 6) is -1.13. The molecule has 218 valence electrons. The zero-order valence-corrected chi connectivity index (χ0v) is 23.7. The van der Waals surface area contributed by atoms with Crippen molar-refractivity contribution in [3.63, 3.8) is 0 Å². The number of fused-ring (bicyclic) bond motifs is 2. The van der Waals surface area contributed by atoms with Crippen LogP contribution in [-0.4, -0.2) is 93.2 Å². The van der Waals surface area contributed by atoms with Gasteiger partial charge in [0.1, 0.15) is 11.6 Å². The molecule has 0 spiro atoms. The lowest BCUT2D eigenvalue weighted by molar-refractivity contribution is -0.131. The Kier molecular flexibility index (Phi) is 7.04. The van der Waals surface area contributed by atoms with Gasteiger partial charge in [-0.05, 0) is 43.7 Å². The van der Waals surface area contributed by atoms with E-state index in [1.807, 2.05) is 42.5 Å². The first-order chi connectivity index (χ1) is 19.7. The quantitative estimate of drug-likeness (QED) is 0.498. The van der Waals surface area contributed by atoms with E-state index in [0.29, 0.717) is 25.2 Å². The van der Waals surface area contributed by atoms with Gasteiger partial charge in [-0.15, -0.1) is 10.2 Å². The molecule has 41 heavy (non-hydrogen) atoms.